The van der Waals surface area contributed by atoms with Crippen molar-refractivity contribution in [3.05, 3.63) is 41.2 Å². The average Bonchev–Trinajstić information content (AvgIpc) is 2.30. The number of H-pyrrole nitrogens is 1. The minimum atomic E-state index is -0.292. The van der Waals surface area contributed by atoms with Gasteiger partial charge < -0.3 is 9.72 Å². The van der Waals surface area contributed by atoms with Crippen LogP contribution in [0.15, 0.2) is 35.6 Å². The van der Waals surface area contributed by atoms with Gasteiger partial charge in [-0.1, -0.05) is 0 Å². The van der Waals surface area contributed by atoms with E-state index in [2.05, 4.69) is 15.0 Å². The van der Waals surface area contributed by atoms with Crippen LogP contribution in [0.2, 0.25) is 0 Å². The number of aromatic nitrogens is 3. The maximum absolute atomic E-state index is 11.4. The van der Waals surface area contributed by atoms with E-state index in [1.54, 1.807) is 24.5 Å². The van der Waals surface area contributed by atoms with Crippen LogP contribution in [0.1, 0.15) is 0 Å². The average molecular weight is 203 g/mol. The number of nitrogens with zero attached hydrogens (tertiary/aromatic N) is 2. The fourth-order valence-electron chi connectivity index (χ4n) is 1.29. The minimum absolute atomic E-state index is 0.212. The quantitative estimate of drug-likeness (QED) is 0.785. The maximum Gasteiger partial charge on any atom is 0.293 e. The Morgan fingerprint density at radius 3 is 2.73 bits per heavy atom. The third kappa shape index (κ3) is 1.71. The van der Waals surface area contributed by atoms with Crippen LogP contribution in [0.25, 0.3) is 11.3 Å². The van der Waals surface area contributed by atoms with E-state index >= 15 is 0 Å². The second-order valence-corrected chi connectivity index (χ2v) is 2.85. The summed E-state index contributed by atoms with van der Waals surface area (Å²) in [7, 11) is 1.44. The van der Waals surface area contributed by atoms with Gasteiger partial charge in [0, 0.05) is 18.0 Å². The van der Waals surface area contributed by atoms with E-state index in [1.165, 1.54) is 13.4 Å². The number of hydrogen-bond donors (Lipinski definition) is 1. The van der Waals surface area contributed by atoms with E-state index in [1.807, 2.05) is 0 Å². The number of rotatable bonds is 2. The van der Waals surface area contributed by atoms with Crippen molar-refractivity contribution in [3.8, 4) is 17.0 Å². The standard InChI is InChI=1S/C10H9N3O2/c1-15-9-8(12-6-13-10(9)14)7-2-4-11-5-3-7/h2-6H,1H3,(H,12,13,14). The molecular formula is C10H9N3O2. The molecule has 76 valence electrons. The Hall–Kier alpha value is -2.17. The highest BCUT2D eigenvalue weighted by Gasteiger charge is 2.10. The third-order valence-electron chi connectivity index (χ3n) is 1.97. The lowest BCUT2D eigenvalue weighted by Crippen LogP contribution is -2.11. The molecule has 0 fully saturated rings. The molecule has 0 aliphatic heterocycles. The molecule has 5 heteroatoms. The van der Waals surface area contributed by atoms with Crippen molar-refractivity contribution in [2.75, 3.05) is 7.11 Å². The first kappa shape index (κ1) is 9.39. The van der Waals surface area contributed by atoms with Gasteiger partial charge in [-0.05, 0) is 12.1 Å². The van der Waals surface area contributed by atoms with Gasteiger partial charge in [-0.25, -0.2) is 4.98 Å². The predicted octanol–water partition coefficient (Wildman–Crippen LogP) is 0.840. The van der Waals surface area contributed by atoms with Crippen molar-refractivity contribution in [2.45, 2.75) is 0 Å². The van der Waals surface area contributed by atoms with Crippen LogP contribution in [0.4, 0.5) is 0 Å². The first-order chi connectivity index (χ1) is 7.33. The van der Waals surface area contributed by atoms with Crippen LogP contribution in [0.5, 0.6) is 5.75 Å². The van der Waals surface area contributed by atoms with Crippen LogP contribution >= 0.6 is 0 Å². The van der Waals surface area contributed by atoms with Crippen molar-refractivity contribution >= 4 is 0 Å². The summed E-state index contributed by atoms with van der Waals surface area (Å²) < 4.78 is 5.00. The number of nitrogens with one attached hydrogen (secondary N) is 1. The molecular weight excluding hydrogens is 194 g/mol. The van der Waals surface area contributed by atoms with E-state index < -0.39 is 0 Å². The summed E-state index contributed by atoms with van der Waals surface area (Å²) in [6.45, 7) is 0. The lowest BCUT2D eigenvalue weighted by atomic mass is 10.2. The van der Waals surface area contributed by atoms with Crippen LogP contribution < -0.4 is 10.3 Å². The molecule has 0 radical (unpaired) electrons. The van der Waals surface area contributed by atoms with Crippen LogP contribution in [0.3, 0.4) is 0 Å². The molecule has 5 nitrogen and oxygen atoms in total. The van der Waals surface area contributed by atoms with Gasteiger partial charge in [-0.15, -0.1) is 0 Å². The van der Waals surface area contributed by atoms with Gasteiger partial charge in [0.05, 0.1) is 13.4 Å². The molecule has 0 amide bonds. The van der Waals surface area contributed by atoms with Crippen molar-refractivity contribution < 1.29 is 4.74 Å². The highest BCUT2D eigenvalue weighted by atomic mass is 16.5. The highest BCUT2D eigenvalue weighted by molar-refractivity contribution is 5.64. The molecule has 2 aromatic rings. The Morgan fingerprint density at radius 2 is 2.07 bits per heavy atom. The molecule has 0 saturated carbocycles. The van der Waals surface area contributed by atoms with Crippen molar-refractivity contribution in [1.82, 2.24) is 15.0 Å². The van der Waals surface area contributed by atoms with Gasteiger partial charge in [-0.3, -0.25) is 9.78 Å². The summed E-state index contributed by atoms with van der Waals surface area (Å²) in [5.41, 5.74) is 1.02. The lowest BCUT2D eigenvalue weighted by molar-refractivity contribution is 0.408. The molecule has 1 N–H and O–H groups in total. The molecule has 0 bridgehead atoms. The SMILES string of the molecule is COc1c(-c2ccncc2)nc[nH]c1=O. The summed E-state index contributed by atoms with van der Waals surface area (Å²) in [6.07, 6.45) is 4.62. The molecule has 0 spiro atoms. The fourth-order valence-corrected chi connectivity index (χ4v) is 1.29. The van der Waals surface area contributed by atoms with Gasteiger partial charge in [0.2, 0.25) is 5.75 Å². The first-order valence-corrected chi connectivity index (χ1v) is 4.35. The second-order valence-electron chi connectivity index (χ2n) is 2.85. The van der Waals surface area contributed by atoms with Gasteiger partial charge in [0.25, 0.3) is 5.56 Å². The summed E-state index contributed by atoms with van der Waals surface area (Å²) in [5, 5.41) is 0. The molecule has 2 heterocycles. The molecule has 0 atom stereocenters. The Morgan fingerprint density at radius 1 is 1.33 bits per heavy atom. The number of pyridine rings is 1. The first-order valence-electron chi connectivity index (χ1n) is 4.35. The minimum Gasteiger partial charge on any atom is -0.490 e. The van der Waals surface area contributed by atoms with Crippen molar-refractivity contribution in [2.24, 2.45) is 0 Å². The Labute approximate surface area is 85.8 Å². The monoisotopic (exact) mass is 203 g/mol. The molecule has 0 unspecified atom stereocenters. The van der Waals surface area contributed by atoms with Crippen molar-refractivity contribution in [3.63, 3.8) is 0 Å². The molecule has 0 aliphatic carbocycles. The van der Waals surface area contributed by atoms with E-state index in [0.717, 1.165) is 5.56 Å². The fraction of sp³-hybridized carbons (Fsp3) is 0.100. The largest absolute Gasteiger partial charge is 0.490 e. The third-order valence-corrected chi connectivity index (χ3v) is 1.97. The Balaban J connectivity index is 2.63. The zero-order valence-corrected chi connectivity index (χ0v) is 8.10. The van der Waals surface area contributed by atoms with E-state index in [4.69, 9.17) is 4.74 Å². The molecule has 15 heavy (non-hydrogen) atoms. The van der Waals surface area contributed by atoms with Gasteiger partial charge in [0.15, 0.2) is 0 Å². The molecule has 0 aromatic carbocycles. The number of ether oxygens (including phenoxy) is 1. The van der Waals surface area contributed by atoms with E-state index in [0.29, 0.717) is 5.69 Å². The van der Waals surface area contributed by atoms with Crippen LogP contribution in [0, 0.1) is 0 Å². The summed E-state index contributed by atoms with van der Waals surface area (Å²) in [6, 6.07) is 3.54. The van der Waals surface area contributed by atoms with Gasteiger partial charge in [0.1, 0.15) is 5.69 Å². The van der Waals surface area contributed by atoms with E-state index in [9.17, 15) is 4.79 Å². The van der Waals surface area contributed by atoms with E-state index in [-0.39, 0.29) is 11.3 Å². The zero-order valence-electron chi connectivity index (χ0n) is 8.10. The number of aromatic amines is 1. The van der Waals surface area contributed by atoms with Gasteiger partial charge >= 0.3 is 0 Å². The topological polar surface area (TPSA) is 67.9 Å². The summed E-state index contributed by atoms with van der Waals surface area (Å²) in [5.74, 6) is 0.212. The summed E-state index contributed by atoms with van der Waals surface area (Å²) in [4.78, 5) is 21.8. The molecule has 2 rings (SSSR count). The van der Waals surface area contributed by atoms with Crippen molar-refractivity contribution in [1.29, 1.82) is 0 Å². The highest BCUT2D eigenvalue weighted by Crippen LogP contribution is 2.22. The lowest BCUT2D eigenvalue weighted by Gasteiger charge is -2.04. The summed E-state index contributed by atoms with van der Waals surface area (Å²) >= 11 is 0. The predicted molar refractivity (Wildman–Crippen MR) is 54.6 cm³/mol. The normalized spacial score (nSPS) is 9.93. The van der Waals surface area contributed by atoms with Gasteiger partial charge in [-0.2, -0.15) is 0 Å². The molecule has 0 saturated heterocycles. The smallest absolute Gasteiger partial charge is 0.293 e. The molecule has 2 aromatic heterocycles. The Kier molecular flexibility index (Phi) is 2.45. The Bertz CT molecular complexity index is 508. The zero-order chi connectivity index (χ0) is 10.7. The second kappa shape index (κ2) is 3.91. The number of hydrogen-bond acceptors (Lipinski definition) is 4. The molecule has 0 aliphatic rings. The van der Waals surface area contributed by atoms with Crippen LogP contribution in [-0.4, -0.2) is 22.1 Å². The van der Waals surface area contributed by atoms with Crippen LogP contribution in [-0.2, 0) is 0 Å². The maximum atomic E-state index is 11.4. The number of methoxy groups -OCH3 is 1.